The normalized spacial score (nSPS) is 15.4. The second-order valence-electron chi connectivity index (χ2n) is 2.07. The zero-order chi connectivity index (χ0) is 6.97. The average Bonchev–Trinajstić information content (AvgIpc) is 2.33. The van der Waals surface area contributed by atoms with Gasteiger partial charge in [-0.05, 0) is 11.4 Å². The predicted octanol–water partition coefficient (Wildman–Crippen LogP) is 1.38. The Hall–Kier alpha value is -1.03. The van der Waals surface area contributed by atoms with Crippen LogP contribution in [0.5, 0.6) is 0 Å². The summed E-state index contributed by atoms with van der Waals surface area (Å²) in [6, 6.07) is 1.81. The van der Waals surface area contributed by atoms with Crippen LogP contribution in [-0.4, -0.2) is 6.03 Å². The summed E-state index contributed by atoms with van der Waals surface area (Å²) in [6.07, 6.45) is 0. The first-order valence-electron chi connectivity index (χ1n) is 2.97. The lowest BCUT2D eigenvalue weighted by Gasteiger charge is -2.13. The van der Waals surface area contributed by atoms with Crippen LogP contribution in [0.2, 0.25) is 0 Å². The van der Waals surface area contributed by atoms with Crippen LogP contribution < -0.4 is 10.6 Å². The Morgan fingerprint density at radius 2 is 2.50 bits per heavy atom. The molecule has 0 radical (unpaired) electrons. The van der Waals surface area contributed by atoms with Crippen molar-refractivity contribution in [3.63, 3.8) is 0 Å². The number of urea groups is 1. The predicted molar refractivity (Wildman–Crippen MR) is 40.2 cm³/mol. The molecule has 0 aliphatic carbocycles. The third-order valence-corrected chi connectivity index (χ3v) is 2.32. The fraction of sp³-hybridized carbons (Fsp3) is 0.167. The molecule has 2 heterocycles. The number of hydrogen-bond acceptors (Lipinski definition) is 2. The molecule has 0 saturated heterocycles. The molecule has 1 aliphatic rings. The Morgan fingerprint density at radius 3 is 3.40 bits per heavy atom. The molecule has 0 spiro atoms. The Labute approximate surface area is 62.1 Å². The number of fused-ring (bicyclic) bond motifs is 1. The first-order chi connectivity index (χ1) is 4.86. The summed E-state index contributed by atoms with van der Waals surface area (Å²) in [6.45, 7) is 0.666. The summed E-state index contributed by atoms with van der Waals surface area (Å²) >= 11 is 1.65. The molecule has 0 fully saturated rings. The van der Waals surface area contributed by atoms with Gasteiger partial charge in [-0.25, -0.2) is 4.79 Å². The minimum Gasteiger partial charge on any atom is -0.333 e. The van der Waals surface area contributed by atoms with Gasteiger partial charge in [-0.3, -0.25) is 0 Å². The summed E-state index contributed by atoms with van der Waals surface area (Å²) in [5.41, 5.74) is 0.953. The topological polar surface area (TPSA) is 41.1 Å². The molecule has 2 amide bonds. The number of hydrogen-bond donors (Lipinski definition) is 2. The van der Waals surface area contributed by atoms with Crippen molar-refractivity contribution in [3.8, 4) is 0 Å². The monoisotopic (exact) mass is 154 g/mol. The molecular formula is C6H6N2OS. The van der Waals surface area contributed by atoms with Crippen LogP contribution in [0.3, 0.4) is 0 Å². The van der Waals surface area contributed by atoms with Crippen molar-refractivity contribution < 1.29 is 4.79 Å². The van der Waals surface area contributed by atoms with Crippen LogP contribution >= 0.6 is 11.3 Å². The fourth-order valence-corrected chi connectivity index (χ4v) is 1.69. The molecule has 52 valence electrons. The molecule has 0 bridgehead atoms. The van der Waals surface area contributed by atoms with E-state index in [0.29, 0.717) is 6.54 Å². The van der Waals surface area contributed by atoms with Crippen LogP contribution in [0.4, 0.5) is 10.5 Å². The second-order valence-corrected chi connectivity index (χ2v) is 3.07. The van der Waals surface area contributed by atoms with Gasteiger partial charge in [-0.2, -0.15) is 0 Å². The summed E-state index contributed by atoms with van der Waals surface area (Å²) in [4.78, 5) is 11.9. The fourth-order valence-electron chi connectivity index (χ4n) is 0.916. The third kappa shape index (κ3) is 0.769. The minimum absolute atomic E-state index is 0.106. The Bertz CT molecular complexity index is 268. The smallest absolute Gasteiger partial charge is 0.319 e. The van der Waals surface area contributed by atoms with Crippen LogP contribution in [0.15, 0.2) is 11.4 Å². The van der Waals surface area contributed by atoms with E-state index in [-0.39, 0.29) is 6.03 Å². The molecule has 1 aromatic rings. The van der Waals surface area contributed by atoms with Gasteiger partial charge in [0, 0.05) is 4.88 Å². The van der Waals surface area contributed by atoms with E-state index in [1.807, 2.05) is 11.4 Å². The van der Waals surface area contributed by atoms with Gasteiger partial charge in [0.05, 0.1) is 12.2 Å². The standard InChI is InChI=1S/C6H6N2OS/c9-6-7-3-5-4(8-6)1-2-10-5/h1-2H,3H2,(H2,7,8,9). The van der Waals surface area contributed by atoms with Gasteiger partial charge >= 0.3 is 6.03 Å². The molecule has 0 unspecified atom stereocenters. The number of amides is 2. The molecule has 0 aromatic carbocycles. The zero-order valence-electron chi connectivity index (χ0n) is 5.18. The van der Waals surface area contributed by atoms with Crippen LogP contribution in [0.25, 0.3) is 0 Å². The van der Waals surface area contributed by atoms with E-state index in [4.69, 9.17) is 0 Å². The highest BCUT2D eigenvalue weighted by Crippen LogP contribution is 2.23. The lowest BCUT2D eigenvalue weighted by atomic mass is 10.3. The van der Waals surface area contributed by atoms with E-state index in [0.717, 1.165) is 5.69 Å². The third-order valence-electron chi connectivity index (χ3n) is 1.40. The van der Waals surface area contributed by atoms with Crippen LogP contribution in [-0.2, 0) is 6.54 Å². The number of thiophene rings is 1. The Morgan fingerprint density at radius 1 is 1.60 bits per heavy atom. The van der Waals surface area contributed by atoms with E-state index >= 15 is 0 Å². The summed E-state index contributed by atoms with van der Waals surface area (Å²) in [7, 11) is 0. The van der Waals surface area contributed by atoms with Crippen molar-refractivity contribution in [2.24, 2.45) is 0 Å². The molecule has 2 N–H and O–H groups in total. The summed E-state index contributed by atoms with van der Waals surface area (Å²) in [5, 5.41) is 7.36. The van der Waals surface area contributed by atoms with Crippen molar-refractivity contribution in [1.82, 2.24) is 5.32 Å². The largest absolute Gasteiger partial charge is 0.333 e. The molecular weight excluding hydrogens is 148 g/mol. The van der Waals surface area contributed by atoms with Crippen molar-refractivity contribution in [1.29, 1.82) is 0 Å². The zero-order valence-corrected chi connectivity index (χ0v) is 5.99. The maximum absolute atomic E-state index is 10.7. The molecule has 4 heteroatoms. The molecule has 0 saturated carbocycles. The number of carbonyl (C=O) groups is 1. The van der Waals surface area contributed by atoms with E-state index in [2.05, 4.69) is 10.6 Å². The minimum atomic E-state index is -0.106. The molecule has 0 atom stereocenters. The van der Waals surface area contributed by atoms with Gasteiger partial charge in [-0.1, -0.05) is 0 Å². The molecule has 3 nitrogen and oxygen atoms in total. The van der Waals surface area contributed by atoms with Gasteiger partial charge in [-0.15, -0.1) is 11.3 Å². The van der Waals surface area contributed by atoms with E-state index in [1.165, 1.54) is 4.88 Å². The van der Waals surface area contributed by atoms with Gasteiger partial charge in [0.25, 0.3) is 0 Å². The maximum Gasteiger partial charge on any atom is 0.319 e. The average molecular weight is 154 g/mol. The number of carbonyl (C=O) groups excluding carboxylic acids is 1. The van der Waals surface area contributed by atoms with Gasteiger partial charge in [0.1, 0.15) is 0 Å². The van der Waals surface area contributed by atoms with Gasteiger partial charge in [0.15, 0.2) is 0 Å². The summed E-state index contributed by atoms with van der Waals surface area (Å²) < 4.78 is 0. The van der Waals surface area contributed by atoms with E-state index in [1.54, 1.807) is 11.3 Å². The highest BCUT2D eigenvalue weighted by molar-refractivity contribution is 7.10. The second kappa shape index (κ2) is 1.98. The quantitative estimate of drug-likeness (QED) is 0.582. The van der Waals surface area contributed by atoms with Crippen molar-refractivity contribution in [2.75, 3.05) is 5.32 Å². The van der Waals surface area contributed by atoms with Crippen molar-refractivity contribution in [3.05, 3.63) is 16.3 Å². The lowest BCUT2D eigenvalue weighted by molar-refractivity contribution is 0.251. The highest BCUT2D eigenvalue weighted by atomic mass is 32.1. The SMILES string of the molecule is O=C1NCc2sccc2N1. The molecule has 10 heavy (non-hydrogen) atoms. The Kier molecular flexibility index (Phi) is 1.14. The van der Waals surface area contributed by atoms with Gasteiger partial charge in [0.2, 0.25) is 0 Å². The van der Waals surface area contributed by atoms with E-state index < -0.39 is 0 Å². The van der Waals surface area contributed by atoms with Crippen molar-refractivity contribution in [2.45, 2.75) is 6.54 Å². The number of rotatable bonds is 0. The maximum atomic E-state index is 10.7. The Balaban J connectivity index is 2.39. The van der Waals surface area contributed by atoms with E-state index in [9.17, 15) is 4.79 Å². The summed E-state index contributed by atoms with van der Waals surface area (Å²) in [5.74, 6) is 0. The number of nitrogens with one attached hydrogen (secondary N) is 2. The highest BCUT2D eigenvalue weighted by Gasteiger charge is 2.13. The van der Waals surface area contributed by atoms with Crippen molar-refractivity contribution >= 4 is 23.1 Å². The van der Waals surface area contributed by atoms with Crippen LogP contribution in [0.1, 0.15) is 4.88 Å². The lowest BCUT2D eigenvalue weighted by Crippen LogP contribution is -2.32. The molecule has 1 aromatic heterocycles. The van der Waals surface area contributed by atoms with Crippen LogP contribution in [0, 0.1) is 0 Å². The van der Waals surface area contributed by atoms with Gasteiger partial charge < -0.3 is 10.6 Å². The first-order valence-corrected chi connectivity index (χ1v) is 3.85. The molecule has 2 rings (SSSR count). The molecule has 1 aliphatic heterocycles. The number of anilines is 1. The first kappa shape index (κ1) is 5.73.